The molecule has 0 bridgehead atoms. The van der Waals surface area contributed by atoms with Crippen LogP contribution in [0.25, 0.3) is 0 Å². The second-order valence-corrected chi connectivity index (χ2v) is 4.86. The summed E-state index contributed by atoms with van der Waals surface area (Å²) in [5.41, 5.74) is 1.19. The van der Waals surface area contributed by atoms with Crippen LogP contribution in [0.15, 0.2) is 30.3 Å². The van der Waals surface area contributed by atoms with Crippen molar-refractivity contribution in [2.75, 3.05) is 13.1 Å². The molecule has 3 heteroatoms. The predicted molar refractivity (Wildman–Crippen MR) is 70.1 cm³/mol. The van der Waals surface area contributed by atoms with Crippen LogP contribution in [0.2, 0.25) is 0 Å². The van der Waals surface area contributed by atoms with Gasteiger partial charge in [-0.25, -0.2) is 0 Å². The highest BCUT2D eigenvalue weighted by Crippen LogP contribution is 2.16. The van der Waals surface area contributed by atoms with Crippen LogP contribution in [0.1, 0.15) is 24.8 Å². The summed E-state index contributed by atoms with van der Waals surface area (Å²) in [5, 5.41) is 0. The van der Waals surface area contributed by atoms with Crippen LogP contribution in [-0.4, -0.2) is 30.2 Å². The van der Waals surface area contributed by atoms with Gasteiger partial charge in [0.15, 0.2) is 0 Å². The van der Waals surface area contributed by atoms with Crippen molar-refractivity contribution in [3.8, 4) is 0 Å². The lowest BCUT2D eigenvalue weighted by Gasteiger charge is -2.30. The zero-order valence-electron chi connectivity index (χ0n) is 10.5. The Kier molecular flexibility index (Phi) is 4.51. The fourth-order valence-corrected chi connectivity index (χ4v) is 2.40. The van der Waals surface area contributed by atoms with E-state index in [0.717, 1.165) is 32.1 Å². The largest absolute Gasteiger partial charge is 0.342 e. The normalized spacial score (nSPS) is 19.6. The van der Waals surface area contributed by atoms with Gasteiger partial charge in [-0.2, -0.15) is 0 Å². The molecule has 0 saturated carbocycles. The van der Waals surface area contributed by atoms with Crippen molar-refractivity contribution in [3.63, 3.8) is 0 Å². The molecule has 1 aliphatic heterocycles. The maximum absolute atomic E-state index is 12.0. The third kappa shape index (κ3) is 3.42. The molecule has 1 aromatic carbocycles. The standard InChI is InChI=1S/C15H19NO2/c17-12-14-7-4-10-16(11-14)15(18)9-8-13-5-2-1-3-6-13/h1-3,5-6,12,14H,4,7-11H2. The summed E-state index contributed by atoms with van der Waals surface area (Å²) in [6.07, 6.45) is 4.17. The molecule has 1 atom stereocenters. The lowest BCUT2D eigenvalue weighted by Crippen LogP contribution is -2.40. The van der Waals surface area contributed by atoms with Crippen molar-refractivity contribution in [2.45, 2.75) is 25.7 Å². The number of rotatable bonds is 4. The third-order valence-corrected chi connectivity index (χ3v) is 3.47. The van der Waals surface area contributed by atoms with E-state index in [1.807, 2.05) is 35.2 Å². The Bertz CT molecular complexity index is 402. The number of carbonyl (C=O) groups excluding carboxylic acids is 2. The molecular formula is C15H19NO2. The van der Waals surface area contributed by atoms with Gasteiger partial charge in [-0.1, -0.05) is 30.3 Å². The maximum atomic E-state index is 12.0. The number of benzene rings is 1. The molecular weight excluding hydrogens is 226 g/mol. The highest BCUT2D eigenvalue weighted by atomic mass is 16.2. The first kappa shape index (κ1) is 12.8. The van der Waals surface area contributed by atoms with E-state index >= 15 is 0 Å². The Hall–Kier alpha value is -1.64. The van der Waals surface area contributed by atoms with Crippen molar-refractivity contribution in [3.05, 3.63) is 35.9 Å². The summed E-state index contributed by atoms with van der Waals surface area (Å²) in [7, 11) is 0. The van der Waals surface area contributed by atoms with Gasteiger partial charge >= 0.3 is 0 Å². The van der Waals surface area contributed by atoms with Crippen molar-refractivity contribution >= 4 is 12.2 Å². The Morgan fingerprint density at radius 1 is 1.33 bits per heavy atom. The Morgan fingerprint density at radius 3 is 2.83 bits per heavy atom. The summed E-state index contributed by atoms with van der Waals surface area (Å²) in [6.45, 7) is 1.41. The minimum Gasteiger partial charge on any atom is -0.342 e. The van der Waals surface area contributed by atoms with Gasteiger partial charge in [0.2, 0.25) is 5.91 Å². The topological polar surface area (TPSA) is 37.4 Å². The minimum absolute atomic E-state index is 0.0411. The van der Waals surface area contributed by atoms with Crippen LogP contribution in [0.4, 0.5) is 0 Å². The Balaban J connectivity index is 1.82. The van der Waals surface area contributed by atoms with Crippen LogP contribution in [0.3, 0.4) is 0 Å². The van der Waals surface area contributed by atoms with E-state index in [1.165, 1.54) is 5.56 Å². The first-order chi connectivity index (χ1) is 8.79. The molecule has 2 rings (SSSR count). The van der Waals surface area contributed by atoms with Crippen molar-refractivity contribution < 1.29 is 9.59 Å². The molecule has 1 fully saturated rings. The average Bonchev–Trinajstić information content (AvgIpc) is 2.46. The number of hydrogen-bond acceptors (Lipinski definition) is 2. The minimum atomic E-state index is 0.0411. The number of amides is 1. The first-order valence-corrected chi connectivity index (χ1v) is 6.56. The van der Waals surface area contributed by atoms with E-state index in [2.05, 4.69) is 0 Å². The number of aldehydes is 1. The fraction of sp³-hybridized carbons (Fsp3) is 0.467. The average molecular weight is 245 g/mol. The summed E-state index contributed by atoms with van der Waals surface area (Å²) in [6, 6.07) is 10.0. The number of hydrogen-bond donors (Lipinski definition) is 0. The molecule has 1 saturated heterocycles. The quantitative estimate of drug-likeness (QED) is 0.761. The molecule has 1 heterocycles. The van der Waals surface area contributed by atoms with Gasteiger partial charge in [-0.3, -0.25) is 4.79 Å². The van der Waals surface area contributed by atoms with E-state index < -0.39 is 0 Å². The number of nitrogens with zero attached hydrogens (tertiary/aromatic N) is 1. The number of carbonyl (C=O) groups is 2. The van der Waals surface area contributed by atoms with Gasteiger partial charge in [0, 0.05) is 25.4 Å². The summed E-state index contributed by atoms with van der Waals surface area (Å²) >= 11 is 0. The number of likely N-dealkylation sites (tertiary alicyclic amines) is 1. The lowest BCUT2D eigenvalue weighted by molar-refractivity contribution is -0.133. The molecule has 18 heavy (non-hydrogen) atoms. The van der Waals surface area contributed by atoms with Gasteiger partial charge in [-0.05, 0) is 24.8 Å². The van der Waals surface area contributed by atoms with E-state index in [9.17, 15) is 9.59 Å². The second-order valence-electron chi connectivity index (χ2n) is 4.86. The molecule has 0 N–H and O–H groups in total. The number of aryl methyl sites for hydroxylation is 1. The molecule has 0 radical (unpaired) electrons. The van der Waals surface area contributed by atoms with Crippen molar-refractivity contribution in [1.29, 1.82) is 0 Å². The monoisotopic (exact) mass is 245 g/mol. The third-order valence-electron chi connectivity index (χ3n) is 3.47. The summed E-state index contributed by atoms with van der Waals surface area (Å²) in [5.74, 6) is 0.213. The lowest BCUT2D eigenvalue weighted by atomic mass is 9.99. The zero-order chi connectivity index (χ0) is 12.8. The van der Waals surface area contributed by atoms with E-state index in [4.69, 9.17) is 0 Å². The zero-order valence-corrected chi connectivity index (χ0v) is 10.5. The van der Waals surface area contributed by atoms with E-state index in [0.29, 0.717) is 13.0 Å². The molecule has 0 aliphatic carbocycles. The molecule has 1 aromatic rings. The van der Waals surface area contributed by atoms with Crippen LogP contribution in [0, 0.1) is 5.92 Å². The maximum Gasteiger partial charge on any atom is 0.222 e. The van der Waals surface area contributed by atoms with Crippen LogP contribution in [-0.2, 0) is 16.0 Å². The summed E-state index contributed by atoms with van der Waals surface area (Å²) in [4.78, 5) is 24.7. The molecule has 1 unspecified atom stereocenters. The van der Waals surface area contributed by atoms with E-state index in [1.54, 1.807) is 0 Å². The van der Waals surface area contributed by atoms with Crippen molar-refractivity contribution in [2.24, 2.45) is 5.92 Å². The Labute approximate surface area is 108 Å². The SMILES string of the molecule is O=CC1CCCN(C(=O)CCc2ccccc2)C1. The second kappa shape index (κ2) is 6.34. The smallest absolute Gasteiger partial charge is 0.222 e. The van der Waals surface area contributed by atoms with Crippen LogP contribution < -0.4 is 0 Å². The fourth-order valence-electron chi connectivity index (χ4n) is 2.40. The summed E-state index contributed by atoms with van der Waals surface area (Å²) < 4.78 is 0. The van der Waals surface area contributed by atoms with Crippen molar-refractivity contribution in [1.82, 2.24) is 4.90 Å². The first-order valence-electron chi connectivity index (χ1n) is 6.56. The van der Waals surface area contributed by atoms with Gasteiger partial charge < -0.3 is 9.69 Å². The number of piperidine rings is 1. The predicted octanol–water partition coefficient (Wildman–Crippen LogP) is 2.06. The van der Waals surface area contributed by atoms with Gasteiger partial charge in [0.05, 0.1) is 0 Å². The molecule has 1 amide bonds. The highest BCUT2D eigenvalue weighted by molar-refractivity contribution is 5.77. The Morgan fingerprint density at radius 2 is 2.11 bits per heavy atom. The molecule has 96 valence electrons. The van der Waals surface area contributed by atoms with Crippen LogP contribution >= 0.6 is 0 Å². The molecule has 0 aromatic heterocycles. The van der Waals surface area contributed by atoms with Gasteiger partial charge in [0.1, 0.15) is 6.29 Å². The van der Waals surface area contributed by atoms with Gasteiger partial charge in [0.25, 0.3) is 0 Å². The molecule has 3 nitrogen and oxygen atoms in total. The molecule has 1 aliphatic rings. The van der Waals surface area contributed by atoms with E-state index in [-0.39, 0.29) is 11.8 Å². The highest BCUT2D eigenvalue weighted by Gasteiger charge is 2.22. The van der Waals surface area contributed by atoms with Gasteiger partial charge in [-0.15, -0.1) is 0 Å². The van der Waals surface area contributed by atoms with Crippen LogP contribution in [0.5, 0.6) is 0 Å². The molecule has 0 spiro atoms.